The number of rotatable bonds is 9. The normalized spacial score (nSPS) is 22.7. The van der Waals surface area contributed by atoms with Gasteiger partial charge in [-0.15, -0.1) is 0 Å². The van der Waals surface area contributed by atoms with Gasteiger partial charge in [0.2, 0.25) is 0 Å². The maximum absolute atomic E-state index is 14.9. The first-order valence-electron chi connectivity index (χ1n) is 12.4. The number of halogens is 2. The molecule has 0 radical (unpaired) electrons. The van der Waals surface area contributed by atoms with Gasteiger partial charge in [0.15, 0.2) is 12.4 Å². The Morgan fingerprint density at radius 3 is 2.05 bits per heavy atom. The number of aliphatic hydroxyl groups excluding tert-OH is 2. The van der Waals surface area contributed by atoms with E-state index in [9.17, 15) is 23.9 Å². The molecule has 5 rings (SSSR count). The number of alkyl halides is 1. The van der Waals surface area contributed by atoms with E-state index in [1.807, 2.05) is 84.9 Å². The second-order valence-electron chi connectivity index (χ2n) is 9.28. The molecule has 0 amide bonds. The van der Waals surface area contributed by atoms with Gasteiger partial charge in [0.25, 0.3) is 5.79 Å². The maximum Gasteiger partial charge on any atom is 0.351 e. The van der Waals surface area contributed by atoms with Gasteiger partial charge in [-0.25, -0.2) is 9.18 Å². The zero-order valence-electron chi connectivity index (χ0n) is 21.4. The molecule has 0 spiro atoms. The molecule has 0 aliphatic carbocycles. The molecule has 9 nitrogen and oxygen atoms in total. The third-order valence-corrected chi connectivity index (χ3v) is 7.05. The van der Waals surface area contributed by atoms with Gasteiger partial charge in [0, 0.05) is 6.20 Å². The van der Waals surface area contributed by atoms with Crippen LogP contribution in [0.2, 0.25) is 0 Å². The first kappa shape index (κ1) is 27.4. The molecule has 11 heteroatoms. The van der Waals surface area contributed by atoms with Crippen LogP contribution in [0.3, 0.4) is 0 Å². The maximum atomic E-state index is 14.9. The number of nitrogens with zero attached hydrogens (tertiary/aromatic N) is 2. The summed E-state index contributed by atoms with van der Waals surface area (Å²) in [6, 6.07) is 28.0. The molecule has 1 aliphatic heterocycles. The molecule has 2 heterocycles. The van der Waals surface area contributed by atoms with Crippen molar-refractivity contribution in [3.63, 3.8) is 0 Å². The highest BCUT2D eigenvalue weighted by atomic mass is 19.3. The largest absolute Gasteiger partial charge is 0.497 e. The Kier molecular flexibility index (Phi) is 7.63. The lowest BCUT2D eigenvalue weighted by atomic mass is 9.77. The molecule has 0 unspecified atom stereocenters. The highest BCUT2D eigenvalue weighted by molar-refractivity contribution is 5.58. The zero-order chi connectivity index (χ0) is 28.3. The predicted molar refractivity (Wildman–Crippen MR) is 141 cm³/mol. The van der Waals surface area contributed by atoms with E-state index in [-0.39, 0.29) is 5.82 Å². The minimum atomic E-state index is -2.66. The summed E-state index contributed by atoms with van der Waals surface area (Å²) in [6.07, 6.45) is -5.05. The van der Waals surface area contributed by atoms with Crippen LogP contribution in [0.25, 0.3) is 0 Å². The third kappa shape index (κ3) is 4.62. The summed E-state index contributed by atoms with van der Waals surface area (Å²) in [5, 5.41) is 22.9. The lowest BCUT2D eigenvalue weighted by Gasteiger charge is -2.37. The molecule has 1 aromatic heterocycles. The Bertz CT molecular complexity index is 1440. The Hall–Kier alpha value is -4.16. The summed E-state index contributed by atoms with van der Waals surface area (Å²) in [7, 11) is 1.58. The summed E-state index contributed by atoms with van der Waals surface area (Å²) in [6.45, 7) is -1.18. The number of aromatic nitrogens is 2. The SMILES string of the molecule is COc1ccc(C(Nc2ccn([C@@H]3O[C@@](CO)(OF)[C@@H](O)[C@H]3F)c(=O)n2)(c2ccccc2)c2ccccc2)cc1. The fourth-order valence-corrected chi connectivity index (χ4v) is 4.97. The highest BCUT2D eigenvalue weighted by Gasteiger charge is 2.58. The van der Waals surface area contributed by atoms with Crippen LogP contribution in [0.15, 0.2) is 102 Å². The predicted octanol–water partition coefficient (Wildman–Crippen LogP) is 3.47. The minimum Gasteiger partial charge on any atom is -0.497 e. The lowest BCUT2D eigenvalue weighted by Crippen LogP contribution is -2.46. The van der Waals surface area contributed by atoms with Crippen LogP contribution in [-0.4, -0.2) is 51.5 Å². The Morgan fingerprint density at radius 2 is 1.57 bits per heavy atom. The summed E-state index contributed by atoms with van der Waals surface area (Å²) in [4.78, 5) is 20.8. The fraction of sp³-hybridized carbons (Fsp3) is 0.241. The second-order valence-corrected chi connectivity index (χ2v) is 9.28. The second kappa shape index (κ2) is 11.1. The van der Waals surface area contributed by atoms with Crippen molar-refractivity contribution in [2.75, 3.05) is 19.0 Å². The molecule has 40 heavy (non-hydrogen) atoms. The van der Waals surface area contributed by atoms with E-state index in [4.69, 9.17) is 9.47 Å². The first-order chi connectivity index (χ1) is 19.4. The van der Waals surface area contributed by atoms with Gasteiger partial charge in [-0.3, -0.25) is 4.57 Å². The van der Waals surface area contributed by atoms with Crippen LogP contribution in [0.4, 0.5) is 14.7 Å². The molecule has 1 aliphatic rings. The molecule has 4 aromatic rings. The van der Waals surface area contributed by atoms with Crippen molar-refractivity contribution in [1.29, 1.82) is 0 Å². The number of anilines is 1. The van der Waals surface area contributed by atoms with Crippen LogP contribution < -0.4 is 15.7 Å². The zero-order valence-corrected chi connectivity index (χ0v) is 21.4. The van der Waals surface area contributed by atoms with E-state index in [0.717, 1.165) is 21.3 Å². The van der Waals surface area contributed by atoms with Gasteiger partial charge >= 0.3 is 5.69 Å². The van der Waals surface area contributed by atoms with Gasteiger partial charge in [-0.2, -0.15) is 9.93 Å². The van der Waals surface area contributed by atoms with Crippen molar-refractivity contribution in [1.82, 2.24) is 9.55 Å². The minimum absolute atomic E-state index is 0.147. The number of benzene rings is 3. The molecule has 3 aromatic carbocycles. The van der Waals surface area contributed by atoms with E-state index in [0.29, 0.717) is 5.75 Å². The Morgan fingerprint density at radius 1 is 1.00 bits per heavy atom. The number of nitrogens with one attached hydrogen (secondary N) is 1. The van der Waals surface area contributed by atoms with Crippen molar-refractivity contribution in [2.45, 2.75) is 29.8 Å². The Labute approximate surface area is 228 Å². The van der Waals surface area contributed by atoms with E-state index >= 15 is 0 Å². The topological polar surface area (TPSA) is 115 Å². The molecular weight excluding hydrogens is 524 g/mol. The molecular formula is C29H27F2N3O6. The van der Waals surface area contributed by atoms with Gasteiger partial charge < -0.3 is 25.0 Å². The first-order valence-corrected chi connectivity index (χ1v) is 12.4. The standard InChI is InChI=1S/C29H27F2N3O6/c1-38-22-14-12-21(13-15-22)29(19-8-4-2-5-9-19,20-10-6-3-7-11-20)33-23-16-17-34(27(37)32-23)26-24(30)25(36)28(18-35,39-26)40-31/h2-17,24-26,35-36H,18H2,1H3,(H,32,33,37)/t24-,25+,26-,28+/m1/s1. The average molecular weight is 552 g/mol. The van der Waals surface area contributed by atoms with Crippen LogP contribution in [0.1, 0.15) is 22.9 Å². The van der Waals surface area contributed by atoms with Crippen molar-refractivity contribution < 1.29 is 33.5 Å². The Balaban J connectivity index is 1.61. The van der Waals surface area contributed by atoms with Crippen LogP contribution in [0, 0.1) is 0 Å². The molecule has 0 bridgehead atoms. The monoisotopic (exact) mass is 551 g/mol. The summed E-state index contributed by atoms with van der Waals surface area (Å²) >= 11 is 0. The summed E-state index contributed by atoms with van der Waals surface area (Å²) < 4.78 is 39.2. The smallest absolute Gasteiger partial charge is 0.351 e. The van der Waals surface area contributed by atoms with Crippen LogP contribution in [-0.2, 0) is 15.2 Å². The molecule has 1 saturated heterocycles. The fourth-order valence-electron chi connectivity index (χ4n) is 4.97. The van der Waals surface area contributed by atoms with Crippen molar-refractivity contribution in [3.8, 4) is 5.75 Å². The molecule has 4 atom stereocenters. The molecule has 208 valence electrons. The third-order valence-electron chi connectivity index (χ3n) is 7.05. The van der Waals surface area contributed by atoms with Gasteiger partial charge in [0.05, 0.1) is 7.11 Å². The number of methoxy groups -OCH3 is 1. The van der Waals surface area contributed by atoms with Crippen molar-refractivity contribution >= 4 is 5.82 Å². The molecule has 3 N–H and O–H groups in total. The number of ether oxygens (including phenoxy) is 2. The lowest BCUT2D eigenvalue weighted by molar-refractivity contribution is -0.372. The van der Waals surface area contributed by atoms with E-state index in [2.05, 4.69) is 15.2 Å². The van der Waals surface area contributed by atoms with Gasteiger partial charge in [0.1, 0.15) is 29.8 Å². The highest BCUT2D eigenvalue weighted by Crippen LogP contribution is 2.41. The van der Waals surface area contributed by atoms with E-state index in [1.165, 1.54) is 12.3 Å². The van der Waals surface area contributed by atoms with Crippen molar-refractivity contribution in [2.24, 2.45) is 0 Å². The number of aliphatic hydroxyl groups is 2. The van der Waals surface area contributed by atoms with Gasteiger partial charge in [-0.1, -0.05) is 72.8 Å². The summed E-state index contributed by atoms with van der Waals surface area (Å²) in [5.74, 6) is -1.85. The molecule has 1 fully saturated rings. The average Bonchev–Trinajstić information content (AvgIpc) is 3.26. The van der Waals surface area contributed by atoms with Crippen LogP contribution in [0.5, 0.6) is 5.75 Å². The quantitative estimate of drug-likeness (QED) is 0.271. The van der Waals surface area contributed by atoms with E-state index < -0.39 is 42.1 Å². The summed E-state index contributed by atoms with van der Waals surface area (Å²) in [5.41, 5.74) is 0.530. The number of hydrogen-bond donors (Lipinski definition) is 3. The van der Waals surface area contributed by atoms with Gasteiger partial charge in [-0.05, 0) is 39.4 Å². The van der Waals surface area contributed by atoms with Crippen molar-refractivity contribution in [3.05, 3.63) is 124 Å². The van der Waals surface area contributed by atoms with E-state index in [1.54, 1.807) is 7.11 Å². The number of hydrogen-bond acceptors (Lipinski definition) is 8. The van der Waals surface area contributed by atoms with Crippen LogP contribution >= 0.6 is 0 Å². The molecule has 0 saturated carbocycles.